The monoisotopic (exact) mass is 620 g/mol. The Morgan fingerprint density at radius 3 is 1.44 bits per heavy atom. The summed E-state index contributed by atoms with van der Waals surface area (Å²) in [7, 11) is 0. The van der Waals surface area contributed by atoms with Crippen molar-refractivity contribution in [3.8, 4) is 62.5 Å². The van der Waals surface area contributed by atoms with E-state index in [-0.39, 0.29) is 0 Å². The van der Waals surface area contributed by atoms with Crippen LogP contribution in [0.3, 0.4) is 0 Å². The molecule has 1 aromatic heterocycles. The molecule has 48 heavy (non-hydrogen) atoms. The molecule has 232 valence electrons. The first-order valence-electron chi connectivity index (χ1n) is 17.3. The van der Waals surface area contributed by atoms with Gasteiger partial charge in [-0.3, -0.25) is 0 Å². The smallest absolute Gasteiger partial charge is 0.164 e. The summed E-state index contributed by atoms with van der Waals surface area (Å²) in [6.07, 6.45) is 8.44. The molecule has 1 heterocycles. The highest BCUT2D eigenvalue weighted by Crippen LogP contribution is 2.60. The van der Waals surface area contributed by atoms with E-state index < -0.39 is 0 Å². The van der Waals surface area contributed by atoms with Crippen molar-refractivity contribution in [3.63, 3.8) is 0 Å². The van der Waals surface area contributed by atoms with Crippen LogP contribution in [0.25, 0.3) is 56.4 Å². The number of rotatable bonds is 6. The number of nitriles is 1. The van der Waals surface area contributed by atoms with Gasteiger partial charge in [-0.25, -0.2) is 15.0 Å². The zero-order chi connectivity index (χ0) is 32.1. The molecule has 0 amide bonds. The van der Waals surface area contributed by atoms with E-state index in [4.69, 9.17) is 15.0 Å². The molecule has 4 bridgehead atoms. The Labute approximate surface area is 282 Å². The Morgan fingerprint density at radius 1 is 0.479 bits per heavy atom. The molecule has 10 rings (SSSR count). The van der Waals surface area contributed by atoms with Crippen LogP contribution in [0.15, 0.2) is 127 Å². The summed E-state index contributed by atoms with van der Waals surface area (Å²) in [5.41, 5.74) is 9.70. The highest BCUT2D eigenvalue weighted by molar-refractivity contribution is 5.85. The van der Waals surface area contributed by atoms with Crippen molar-refractivity contribution >= 4 is 0 Å². The third kappa shape index (κ3) is 5.20. The zero-order valence-corrected chi connectivity index (χ0v) is 26.9. The summed E-state index contributed by atoms with van der Waals surface area (Å²) in [6, 6.07) is 46.2. The van der Waals surface area contributed by atoms with Gasteiger partial charge in [0.1, 0.15) is 0 Å². The van der Waals surface area contributed by atoms with E-state index >= 15 is 0 Å². The molecule has 4 nitrogen and oxygen atoms in total. The van der Waals surface area contributed by atoms with Crippen molar-refractivity contribution in [1.82, 2.24) is 15.0 Å². The van der Waals surface area contributed by atoms with Crippen molar-refractivity contribution in [2.75, 3.05) is 0 Å². The zero-order valence-electron chi connectivity index (χ0n) is 26.9. The van der Waals surface area contributed by atoms with E-state index in [1.54, 1.807) is 0 Å². The lowest BCUT2D eigenvalue weighted by atomic mass is 9.48. The Hall–Kier alpha value is -5.40. The summed E-state index contributed by atoms with van der Waals surface area (Å²) in [6.45, 7) is 0. The molecule has 4 heteroatoms. The van der Waals surface area contributed by atoms with Gasteiger partial charge in [0, 0.05) is 16.7 Å². The molecule has 0 unspecified atom stereocenters. The predicted octanol–water partition coefficient (Wildman–Crippen LogP) is 10.5. The second-order valence-corrected chi connectivity index (χ2v) is 14.3. The minimum atomic E-state index is 0.365. The van der Waals surface area contributed by atoms with Gasteiger partial charge in [0.05, 0.1) is 11.6 Å². The van der Waals surface area contributed by atoms with Crippen molar-refractivity contribution in [2.45, 2.75) is 43.9 Å². The van der Waals surface area contributed by atoms with E-state index in [9.17, 15) is 5.26 Å². The lowest BCUT2D eigenvalue weighted by molar-refractivity contribution is -0.00518. The number of nitrogens with zero attached hydrogens (tertiary/aromatic N) is 4. The number of benzene rings is 5. The molecule has 6 aromatic rings. The minimum Gasteiger partial charge on any atom is -0.208 e. The standard InChI is InChI=1S/C44H36N4/c45-28-29-11-20-39(40(24-29)33-7-3-1-4-8-33)34-12-14-36(15-13-34)42-46-41(35-9-5-2-6-10-35)47-43(48-42)37-16-18-38(19-17-37)44-25-30-21-31(26-44)23-32(22-30)27-44/h1-20,24,30-32H,21-23,25-27H2/t30-,31+,32-,44?. The molecule has 4 aliphatic rings. The van der Waals surface area contributed by atoms with E-state index in [1.165, 1.54) is 44.1 Å². The average Bonchev–Trinajstić information content (AvgIpc) is 3.15. The van der Waals surface area contributed by atoms with Gasteiger partial charge >= 0.3 is 0 Å². The summed E-state index contributed by atoms with van der Waals surface area (Å²) in [5, 5.41) is 9.59. The normalized spacial score (nSPS) is 22.4. The lowest BCUT2D eigenvalue weighted by Crippen LogP contribution is -2.48. The van der Waals surface area contributed by atoms with E-state index in [0.29, 0.717) is 28.5 Å². The fourth-order valence-corrected chi connectivity index (χ4v) is 9.31. The second kappa shape index (κ2) is 11.7. The largest absolute Gasteiger partial charge is 0.208 e. The van der Waals surface area contributed by atoms with Crippen LogP contribution in [0, 0.1) is 29.1 Å². The van der Waals surface area contributed by atoms with Gasteiger partial charge in [-0.1, -0.05) is 115 Å². The summed E-state index contributed by atoms with van der Waals surface area (Å²) in [5.74, 6) is 4.77. The number of aromatic nitrogens is 3. The molecule has 4 saturated carbocycles. The molecule has 5 aromatic carbocycles. The molecule has 4 aliphatic carbocycles. The molecule has 4 fully saturated rings. The summed E-state index contributed by atoms with van der Waals surface area (Å²) < 4.78 is 0. The first kappa shape index (κ1) is 28.8. The average molecular weight is 621 g/mol. The van der Waals surface area contributed by atoms with Gasteiger partial charge in [0.2, 0.25) is 0 Å². The van der Waals surface area contributed by atoms with Crippen LogP contribution in [0.2, 0.25) is 0 Å². The molecule has 0 spiro atoms. The molecule has 0 atom stereocenters. The van der Waals surface area contributed by atoms with Crippen LogP contribution >= 0.6 is 0 Å². The van der Waals surface area contributed by atoms with Crippen LogP contribution in [-0.4, -0.2) is 15.0 Å². The second-order valence-electron chi connectivity index (χ2n) is 14.3. The first-order valence-corrected chi connectivity index (χ1v) is 17.3. The van der Waals surface area contributed by atoms with Crippen LogP contribution in [-0.2, 0) is 5.41 Å². The van der Waals surface area contributed by atoms with Crippen molar-refractivity contribution < 1.29 is 0 Å². The maximum absolute atomic E-state index is 9.59. The topological polar surface area (TPSA) is 62.5 Å². The quantitative estimate of drug-likeness (QED) is 0.186. The maximum atomic E-state index is 9.59. The maximum Gasteiger partial charge on any atom is 0.164 e. The van der Waals surface area contributed by atoms with Crippen LogP contribution < -0.4 is 0 Å². The van der Waals surface area contributed by atoms with Crippen LogP contribution in [0.1, 0.15) is 49.7 Å². The molecule has 0 aliphatic heterocycles. The Kier molecular flexibility index (Phi) is 7.01. The van der Waals surface area contributed by atoms with Crippen molar-refractivity contribution in [1.29, 1.82) is 5.26 Å². The fourth-order valence-electron chi connectivity index (χ4n) is 9.31. The van der Waals surface area contributed by atoms with Crippen molar-refractivity contribution in [3.05, 3.63) is 139 Å². The van der Waals surface area contributed by atoms with Gasteiger partial charge in [-0.15, -0.1) is 0 Å². The Balaban J connectivity index is 1.08. The fraction of sp³-hybridized carbons (Fsp3) is 0.227. The molecule has 0 N–H and O–H groups in total. The summed E-state index contributed by atoms with van der Waals surface area (Å²) >= 11 is 0. The van der Waals surface area contributed by atoms with Crippen LogP contribution in [0.5, 0.6) is 0 Å². The lowest BCUT2D eigenvalue weighted by Gasteiger charge is -2.57. The Bertz CT molecular complexity index is 2110. The third-order valence-electron chi connectivity index (χ3n) is 11.1. The number of hydrogen-bond acceptors (Lipinski definition) is 4. The highest BCUT2D eigenvalue weighted by atomic mass is 15.0. The van der Waals surface area contributed by atoms with E-state index in [1.807, 2.05) is 54.6 Å². The number of hydrogen-bond donors (Lipinski definition) is 0. The molecule has 0 saturated heterocycles. The highest BCUT2D eigenvalue weighted by Gasteiger charge is 2.51. The SMILES string of the molecule is N#Cc1ccc(-c2ccc(-c3nc(-c4ccccc4)nc(-c4ccc(C56C[C@H]7C[C@@H](C5)C[C@@H](C6)C7)cc4)n3)cc2)c(-c2ccccc2)c1. The molecular weight excluding hydrogens is 585 g/mol. The third-order valence-corrected chi connectivity index (χ3v) is 11.1. The minimum absolute atomic E-state index is 0.365. The van der Waals surface area contributed by atoms with Crippen LogP contribution in [0.4, 0.5) is 0 Å². The van der Waals surface area contributed by atoms with E-state index in [2.05, 4.69) is 78.9 Å². The first-order chi connectivity index (χ1) is 23.6. The van der Waals surface area contributed by atoms with Gasteiger partial charge < -0.3 is 0 Å². The van der Waals surface area contributed by atoms with Gasteiger partial charge in [-0.05, 0) is 102 Å². The summed E-state index contributed by atoms with van der Waals surface area (Å²) in [4.78, 5) is 15.0. The van der Waals surface area contributed by atoms with Gasteiger partial charge in [-0.2, -0.15) is 5.26 Å². The van der Waals surface area contributed by atoms with Gasteiger partial charge in [0.15, 0.2) is 17.5 Å². The molecule has 0 radical (unpaired) electrons. The van der Waals surface area contributed by atoms with Crippen molar-refractivity contribution in [2.24, 2.45) is 17.8 Å². The van der Waals surface area contributed by atoms with E-state index in [0.717, 1.165) is 56.7 Å². The predicted molar refractivity (Wildman–Crippen MR) is 192 cm³/mol. The van der Waals surface area contributed by atoms with Gasteiger partial charge in [0.25, 0.3) is 0 Å². The Morgan fingerprint density at radius 2 is 0.917 bits per heavy atom. The molecular formula is C44H36N4.